The maximum Gasteiger partial charge on any atom is 0.407 e. The predicted molar refractivity (Wildman–Crippen MR) is 126 cm³/mol. The predicted octanol–water partition coefficient (Wildman–Crippen LogP) is 4.53. The summed E-state index contributed by atoms with van der Waals surface area (Å²) in [4.78, 5) is 23.6. The van der Waals surface area contributed by atoms with Crippen molar-refractivity contribution in [3.63, 3.8) is 0 Å². The lowest BCUT2D eigenvalue weighted by molar-refractivity contribution is -0.119. The molecule has 0 bridgehead atoms. The average Bonchev–Trinajstić information content (AvgIpc) is 3.15. The quantitative estimate of drug-likeness (QED) is 0.583. The second-order valence-electron chi connectivity index (χ2n) is 7.70. The van der Waals surface area contributed by atoms with Gasteiger partial charge in [0, 0.05) is 19.5 Å². The molecule has 0 spiro atoms. The Morgan fingerprint density at radius 2 is 1.53 bits per heavy atom. The van der Waals surface area contributed by atoms with Crippen LogP contribution in [0.15, 0.2) is 78.9 Å². The van der Waals surface area contributed by atoms with Crippen LogP contribution in [0.25, 0.3) is 17.2 Å². The normalized spacial score (nSPS) is 12.3. The summed E-state index contributed by atoms with van der Waals surface area (Å²) in [7, 11) is 1.63. The number of amides is 2. The molecule has 32 heavy (non-hydrogen) atoms. The van der Waals surface area contributed by atoms with E-state index < -0.39 is 6.09 Å². The Bertz CT molecular complexity index is 1090. The molecule has 0 saturated carbocycles. The van der Waals surface area contributed by atoms with Crippen molar-refractivity contribution in [2.45, 2.75) is 12.3 Å². The summed E-state index contributed by atoms with van der Waals surface area (Å²) < 4.78 is 5.53. The lowest BCUT2D eigenvalue weighted by Crippen LogP contribution is -2.26. The molecule has 3 aromatic carbocycles. The van der Waals surface area contributed by atoms with Gasteiger partial charge in [-0.15, -0.1) is 0 Å². The largest absolute Gasteiger partial charge is 0.449 e. The van der Waals surface area contributed by atoms with Gasteiger partial charge in [-0.1, -0.05) is 84.9 Å². The zero-order valence-corrected chi connectivity index (χ0v) is 18.0. The molecular weight excluding hydrogens is 400 g/mol. The lowest BCUT2D eigenvalue weighted by Gasteiger charge is -2.14. The Balaban J connectivity index is 1.27. The molecule has 0 atom stereocenters. The number of carbonyl (C=O) groups excluding carboxylic acids is 2. The van der Waals surface area contributed by atoms with Crippen LogP contribution in [0.3, 0.4) is 0 Å². The second kappa shape index (κ2) is 9.96. The number of hydrogen-bond acceptors (Lipinski definition) is 3. The van der Waals surface area contributed by atoms with E-state index in [1.807, 2.05) is 60.7 Å². The summed E-state index contributed by atoms with van der Waals surface area (Å²) in [6.07, 6.45) is 3.73. The fourth-order valence-corrected chi connectivity index (χ4v) is 4.01. The molecule has 0 unspecified atom stereocenters. The number of fused-ring (bicyclic) bond motifs is 3. The summed E-state index contributed by atoms with van der Waals surface area (Å²) in [6.45, 7) is 0.674. The minimum absolute atomic E-state index is 0.0133. The first-order valence-electron chi connectivity index (χ1n) is 10.7. The number of likely N-dealkylation sites (N-methyl/N-ethyl adjacent to an activating group) is 1. The third kappa shape index (κ3) is 4.89. The Morgan fingerprint density at radius 1 is 0.906 bits per heavy atom. The van der Waals surface area contributed by atoms with Gasteiger partial charge < -0.3 is 15.4 Å². The van der Waals surface area contributed by atoms with Crippen LogP contribution in [0, 0.1) is 0 Å². The zero-order valence-electron chi connectivity index (χ0n) is 18.0. The molecular formula is C27H26N2O3. The van der Waals surface area contributed by atoms with Crippen LogP contribution in [0.5, 0.6) is 0 Å². The summed E-state index contributed by atoms with van der Waals surface area (Å²) >= 11 is 0. The first kappa shape index (κ1) is 21.4. The van der Waals surface area contributed by atoms with Crippen molar-refractivity contribution < 1.29 is 14.3 Å². The second-order valence-corrected chi connectivity index (χ2v) is 7.70. The highest BCUT2D eigenvalue weighted by Gasteiger charge is 2.28. The molecule has 3 aromatic rings. The Morgan fingerprint density at radius 3 is 2.16 bits per heavy atom. The van der Waals surface area contributed by atoms with E-state index >= 15 is 0 Å². The first-order valence-corrected chi connectivity index (χ1v) is 10.7. The molecule has 0 radical (unpaired) electrons. The average molecular weight is 427 g/mol. The van der Waals surface area contributed by atoms with Crippen LogP contribution in [0.4, 0.5) is 4.79 Å². The highest BCUT2D eigenvalue weighted by atomic mass is 16.5. The maximum absolute atomic E-state index is 12.2. The van der Waals surface area contributed by atoms with Gasteiger partial charge in [-0.25, -0.2) is 4.79 Å². The molecule has 0 heterocycles. The van der Waals surface area contributed by atoms with Gasteiger partial charge in [-0.2, -0.15) is 0 Å². The van der Waals surface area contributed by atoms with Gasteiger partial charge >= 0.3 is 6.09 Å². The standard InChI is InChI=1S/C27H26N2O3/c1-28-26(30)17-20-14-12-19(13-15-20)7-6-16-29-27(31)32-18-25-23-10-4-2-8-21(23)22-9-3-5-11-24(22)25/h2-15,25H,16-18H2,1H3,(H,28,30)(H,29,31). The van der Waals surface area contributed by atoms with Gasteiger partial charge in [0.1, 0.15) is 6.61 Å². The number of hydrogen-bond donors (Lipinski definition) is 2. The van der Waals surface area contributed by atoms with E-state index in [9.17, 15) is 9.59 Å². The van der Waals surface area contributed by atoms with Crippen molar-refractivity contribution in [2.75, 3.05) is 20.2 Å². The molecule has 2 amide bonds. The van der Waals surface area contributed by atoms with Gasteiger partial charge in [-0.3, -0.25) is 4.79 Å². The number of nitrogens with one attached hydrogen (secondary N) is 2. The van der Waals surface area contributed by atoms with Crippen LogP contribution in [0.1, 0.15) is 28.2 Å². The van der Waals surface area contributed by atoms with Crippen LogP contribution < -0.4 is 10.6 Å². The molecule has 2 N–H and O–H groups in total. The molecule has 1 aliphatic carbocycles. The Labute approximate surface area is 188 Å². The van der Waals surface area contributed by atoms with Gasteiger partial charge in [0.25, 0.3) is 0 Å². The van der Waals surface area contributed by atoms with E-state index in [1.54, 1.807) is 7.05 Å². The number of alkyl carbamates (subject to hydrolysis) is 1. The highest BCUT2D eigenvalue weighted by Crippen LogP contribution is 2.44. The van der Waals surface area contributed by atoms with Crippen molar-refractivity contribution in [2.24, 2.45) is 0 Å². The van der Waals surface area contributed by atoms with Crippen molar-refractivity contribution in [3.8, 4) is 11.1 Å². The molecule has 5 heteroatoms. The Hall–Kier alpha value is -3.86. The minimum atomic E-state index is -0.433. The molecule has 0 aliphatic heterocycles. The fraction of sp³-hybridized carbons (Fsp3) is 0.185. The Kier molecular flexibility index (Phi) is 6.66. The third-order valence-corrected chi connectivity index (χ3v) is 5.64. The van der Waals surface area contributed by atoms with E-state index in [-0.39, 0.29) is 11.8 Å². The molecule has 5 nitrogen and oxygen atoms in total. The molecule has 162 valence electrons. The van der Waals surface area contributed by atoms with E-state index in [0.717, 1.165) is 11.1 Å². The van der Waals surface area contributed by atoms with Gasteiger partial charge in [-0.05, 0) is 33.4 Å². The number of carbonyl (C=O) groups is 2. The van der Waals surface area contributed by atoms with Crippen molar-refractivity contribution >= 4 is 18.1 Å². The molecule has 0 saturated heterocycles. The van der Waals surface area contributed by atoms with Crippen LogP contribution >= 0.6 is 0 Å². The minimum Gasteiger partial charge on any atom is -0.449 e. The van der Waals surface area contributed by atoms with Crippen molar-refractivity contribution in [1.29, 1.82) is 0 Å². The van der Waals surface area contributed by atoms with E-state index in [1.165, 1.54) is 22.3 Å². The topological polar surface area (TPSA) is 67.4 Å². The summed E-state index contributed by atoms with van der Waals surface area (Å²) in [5.74, 6) is 0.0394. The molecule has 1 aliphatic rings. The number of rotatable bonds is 7. The van der Waals surface area contributed by atoms with Crippen molar-refractivity contribution in [1.82, 2.24) is 10.6 Å². The van der Waals surface area contributed by atoms with Gasteiger partial charge in [0.2, 0.25) is 5.91 Å². The van der Waals surface area contributed by atoms with E-state index in [0.29, 0.717) is 19.6 Å². The van der Waals surface area contributed by atoms with E-state index in [4.69, 9.17) is 4.74 Å². The molecule has 0 fully saturated rings. The fourth-order valence-electron chi connectivity index (χ4n) is 4.01. The maximum atomic E-state index is 12.2. The van der Waals surface area contributed by atoms with Crippen LogP contribution in [0.2, 0.25) is 0 Å². The SMILES string of the molecule is CNC(=O)Cc1ccc(C=CCNC(=O)OCC2c3ccccc3-c3ccccc32)cc1. The van der Waals surface area contributed by atoms with E-state index in [2.05, 4.69) is 34.9 Å². The van der Waals surface area contributed by atoms with Crippen molar-refractivity contribution in [3.05, 3.63) is 101 Å². The molecule has 0 aromatic heterocycles. The molecule has 4 rings (SSSR count). The third-order valence-electron chi connectivity index (χ3n) is 5.64. The van der Waals surface area contributed by atoms with Crippen LogP contribution in [-0.4, -0.2) is 32.2 Å². The first-order chi connectivity index (χ1) is 15.7. The number of benzene rings is 3. The lowest BCUT2D eigenvalue weighted by atomic mass is 9.98. The highest BCUT2D eigenvalue weighted by molar-refractivity contribution is 5.79. The monoisotopic (exact) mass is 426 g/mol. The smallest absolute Gasteiger partial charge is 0.407 e. The zero-order chi connectivity index (χ0) is 22.3. The van der Waals surface area contributed by atoms with Gasteiger partial charge in [0.05, 0.1) is 6.42 Å². The summed E-state index contributed by atoms with van der Waals surface area (Å²) in [5.41, 5.74) is 6.77. The summed E-state index contributed by atoms with van der Waals surface area (Å²) in [6, 6.07) is 24.3. The number of ether oxygens (including phenoxy) is 1. The van der Waals surface area contributed by atoms with Gasteiger partial charge in [0.15, 0.2) is 0 Å². The summed E-state index contributed by atoms with van der Waals surface area (Å²) in [5, 5.41) is 5.38. The van der Waals surface area contributed by atoms with Crippen LogP contribution in [-0.2, 0) is 16.0 Å².